The van der Waals surface area contributed by atoms with Crippen LogP contribution in [0.2, 0.25) is 0 Å². The van der Waals surface area contributed by atoms with Gasteiger partial charge in [-0.3, -0.25) is 14.4 Å². The number of likely N-dealkylation sites (tertiary alicyclic amines) is 1. The molecule has 8 N–H and O–H groups in total. The predicted molar refractivity (Wildman–Crippen MR) is 99.9 cm³/mol. The Morgan fingerprint density at radius 2 is 1.86 bits per heavy atom. The number of carbonyl (C=O) groups excluding carboxylic acids is 3. The number of rotatable bonds is 11. The number of unbranched alkanes of at least 4 members (excludes halogenated alkanes) is 1. The van der Waals surface area contributed by atoms with Crippen molar-refractivity contribution in [2.45, 2.75) is 63.2 Å². The first-order chi connectivity index (χ1) is 13.2. The van der Waals surface area contributed by atoms with E-state index < -0.39 is 54.5 Å². The summed E-state index contributed by atoms with van der Waals surface area (Å²) < 4.78 is 0. The van der Waals surface area contributed by atoms with Gasteiger partial charge in [-0.15, -0.1) is 0 Å². The quantitative estimate of drug-likeness (QED) is 0.205. The van der Waals surface area contributed by atoms with Crippen LogP contribution in [0.4, 0.5) is 0 Å². The fourth-order valence-electron chi connectivity index (χ4n) is 3.01. The Labute approximate surface area is 163 Å². The second-order valence-electron chi connectivity index (χ2n) is 6.91. The number of hydrogen-bond acceptors (Lipinski definition) is 7. The van der Waals surface area contributed by atoms with Crippen LogP contribution in [0.1, 0.15) is 39.0 Å². The number of amides is 3. The molecule has 0 radical (unpaired) electrons. The molecule has 0 aromatic carbocycles. The van der Waals surface area contributed by atoms with Crippen LogP contribution in [0.25, 0.3) is 0 Å². The lowest BCUT2D eigenvalue weighted by atomic mass is 10.1. The lowest BCUT2D eigenvalue weighted by molar-refractivity contribution is -0.145. The zero-order chi connectivity index (χ0) is 21.3. The van der Waals surface area contributed by atoms with E-state index in [9.17, 15) is 19.2 Å². The first-order valence-corrected chi connectivity index (χ1v) is 9.43. The molecule has 4 atom stereocenters. The van der Waals surface area contributed by atoms with Crippen LogP contribution in [0, 0.1) is 0 Å². The van der Waals surface area contributed by atoms with Crippen LogP contribution in [0.5, 0.6) is 0 Å². The Kier molecular flexibility index (Phi) is 9.83. The third kappa shape index (κ3) is 6.73. The molecule has 160 valence electrons. The van der Waals surface area contributed by atoms with Gasteiger partial charge in [0.25, 0.3) is 0 Å². The first-order valence-electron chi connectivity index (χ1n) is 9.43. The molecule has 0 saturated carbocycles. The highest BCUT2D eigenvalue weighted by molar-refractivity contribution is 5.94. The second kappa shape index (κ2) is 11.6. The van der Waals surface area contributed by atoms with E-state index in [0.29, 0.717) is 45.2 Å². The number of nitrogens with zero attached hydrogens (tertiary/aromatic N) is 1. The maximum atomic E-state index is 13.0. The number of aliphatic hydroxyl groups is 1. The lowest BCUT2D eigenvalue weighted by Crippen LogP contribution is -2.56. The molecule has 1 aliphatic rings. The van der Waals surface area contributed by atoms with E-state index in [1.807, 2.05) is 0 Å². The molecule has 0 aliphatic carbocycles. The highest BCUT2D eigenvalue weighted by Gasteiger charge is 2.38. The molecule has 0 aromatic rings. The summed E-state index contributed by atoms with van der Waals surface area (Å²) in [6, 6.07) is -3.93. The van der Waals surface area contributed by atoms with Gasteiger partial charge in [-0.05, 0) is 45.6 Å². The van der Waals surface area contributed by atoms with Crippen LogP contribution in [-0.4, -0.2) is 82.7 Å². The minimum absolute atomic E-state index is 0.315. The number of carboxylic acid groups (broad SMARTS) is 1. The van der Waals surface area contributed by atoms with Crippen molar-refractivity contribution in [1.29, 1.82) is 0 Å². The lowest BCUT2D eigenvalue weighted by Gasteiger charge is -2.29. The summed E-state index contributed by atoms with van der Waals surface area (Å²) >= 11 is 0. The Hall–Kier alpha value is -2.24. The first kappa shape index (κ1) is 23.8. The van der Waals surface area contributed by atoms with Crippen LogP contribution in [0.3, 0.4) is 0 Å². The molecule has 1 aliphatic heterocycles. The molecule has 11 nitrogen and oxygen atoms in total. The molecular formula is C17H31N5O6. The highest BCUT2D eigenvalue weighted by Crippen LogP contribution is 2.20. The van der Waals surface area contributed by atoms with E-state index in [0.717, 1.165) is 0 Å². The van der Waals surface area contributed by atoms with Crippen LogP contribution in [0.15, 0.2) is 0 Å². The number of aliphatic hydroxyl groups excluding tert-OH is 1. The summed E-state index contributed by atoms with van der Waals surface area (Å²) in [7, 11) is 0. The van der Waals surface area contributed by atoms with Crippen molar-refractivity contribution in [3.05, 3.63) is 0 Å². The van der Waals surface area contributed by atoms with E-state index >= 15 is 0 Å². The fourth-order valence-corrected chi connectivity index (χ4v) is 3.01. The van der Waals surface area contributed by atoms with Gasteiger partial charge < -0.3 is 37.2 Å². The van der Waals surface area contributed by atoms with Gasteiger partial charge in [0, 0.05) is 6.54 Å². The predicted octanol–water partition coefficient (Wildman–Crippen LogP) is -2.50. The van der Waals surface area contributed by atoms with Crippen LogP contribution < -0.4 is 22.1 Å². The third-order valence-corrected chi connectivity index (χ3v) is 4.61. The van der Waals surface area contributed by atoms with Gasteiger partial charge in [0.2, 0.25) is 17.7 Å². The molecule has 1 saturated heterocycles. The molecule has 1 rings (SSSR count). The summed E-state index contributed by atoms with van der Waals surface area (Å²) in [5.74, 6) is -2.90. The molecule has 0 unspecified atom stereocenters. The van der Waals surface area contributed by atoms with Crippen LogP contribution in [-0.2, 0) is 19.2 Å². The molecule has 1 heterocycles. The maximum absolute atomic E-state index is 13.0. The summed E-state index contributed by atoms with van der Waals surface area (Å²) in [5.41, 5.74) is 11.1. The number of aliphatic carboxylic acids is 1. The molecule has 11 heteroatoms. The monoisotopic (exact) mass is 401 g/mol. The minimum Gasteiger partial charge on any atom is -0.480 e. The van der Waals surface area contributed by atoms with Crippen molar-refractivity contribution in [3.8, 4) is 0 Å². The van der Waals surface area contributed by atoms with Crippen molar-refractivity contribution in [3.63, 3.8) is 0 Å². The summed E-state index contributed by atoms with van der Waals surface area (Å²) in [4.78, 5) is 49.8. The van der Waals surface area contributed by atoms with E-state index in [4.69, 9.17) is 21.7 Å². The highest BCUT2D eigenvalue weighted by atomic mass is 16.4. The topological polar surface area (TPSA) is 188 Å². The van der Waals surface area contributed by atoms with Crippen molar-refractivity contribution < 1.29 is 29.4 Å². The normalized spacial score (nSPS) is 19.6. The van der Waals surface area contributed by atoms with Gasteiger partial charge in [-0.25, -0.2) is 4.79 Å². The summed E-state index contributed by atoms with van der Waals surface area (Å²) in [6.45, 7) is 1.52. The maximum Gasteiger partial charge on any atom is 0.328 e. The smallest absolute Gasteiger partial charge is 0.328 e. The molecular weight excluding hydrogens is 370 g/mol. The zero-order valence-electron chi connectivity index (χ0n) is 16.1. The van der Waals surface area contributed by atoms with Crippen molar-refractivity contribution >= 4 is 23.7 Å². The molecule has 1 fully saturated rings. The fraction of sp³-hybridized carbons (Fsp3) is 0.765. The molecule has 0 bridgehead atoms. The number of carboxylic acids is 1. The molecule has 3 amide bonds. The second-order valence-corrected chi connectivity index (χ2v) is 6.91. The Morgan fingerprint density at radius 3 is 2.39 bits per heavy atom. The van der Waals surface area contributed by atoms with Gasteiger partial charge in [-0.2, -0.15) is 0 Å². The number of nitrogens with two attached hydrogens (primary N) is 2. The van der Waals surface area contributed by atoms with E-state index in [-0.39, 0.29) is 0 Å². The van der Waals surface area contributed by atoms with E-state index in [2.05, 4.69) is 10.6 Å². The van der Waals surface area contributed by atoms with Crippen molar-refractivity contribution in [2.75, 3.05) is 19.7 Å². The van der Waals surface area contributed by atoms with Gasteiger partial charge in [0.1, 0.15) is 18.1 Å². The van der Waals surface area contributed by atoms with Crippen molar-refractivity contribution in [1.82, 2.24) is 15.5 Å². The Bertz CT molecular complexity index is 570. The minimum atomic E-state index is -1.44. The van der Waals surface area contributed by atoms with Crippen LogP contribution >= 0.6 is 0 Å². The summed E-state index contributed by atoms with van der Waals surface area (Å²) in [6.07, 6.45) is 2.58. The van der Waals surface area contributed by atoms with E-state index in [1.54, 1.807) is 0 Å². The number of carbonyl (C=O) groups is 4. The Balaban J connectivity index is 2.87. The Morgan fingerprint density at radius 1 is 1.18 bits per heavy atom. The third-order valence-electron chi connectivity index (χ3n) is 4.61. The van der Waals surface area contributed by atoms with Gasteiger partial charge in [0.15, 0.2) is 0 Å². The van der Waals surface area contributed by atoms with Gasteiger partial charge >= 0.3 is 5.97 Å². The SMILES string of the molecule is C[C@H](N)C(=O)N[C@@H](CCCCN)C(=O)N1CCC[C@H]1C(=O)N[C@@H](CO)C(=O)O. The standard InChI is InChI=1S/C17H31N5O6/c1-10(19)14(24)20-11(5-2-3-7-18)16(26)22-8-4-6-13(22)15(25)21-12(9-23)17(27)28/h10-13,23H,2-9,18-19H2,1H3,(H,20,24)(H,21,25)(H,27,28)/t10-,11-,12-,13-/m0/s1. The molecule has 28 heavy (non-hydrogen) atoms. The van der Waals surface area contributed by atoms with Gasteiger partial charge in [0.05, 0.1) is 12.6 Å². The largest absolute Gasteiger partial charge is 0.480 e. The average molecular weight is 401 g/mol. The van der Waals surface area contributed by atoms with Gasteiger partial charge in [-0.1, -0.05) is 0 Å². The average Bonchev–Trinajstić information content (AvgIpc) is 3.14. The summed E-state index contributed by atoms with van der Waals surface area (Å²) in [5, 5.41) is 22.9. The zero-order valence-corrected chi connectivity index (χ0v) is 16.1. The molecule has 0 spiro atoms. The molecule has 0 aromatic heterocycles. The number of hydrogen-bond donors (Lipinski definition) is 6. The number of nitrogens with one attached hydrogen (secondary N) is 2. The van der Waals surface area contributed by atoms with Crippen molar-refractivity contribution in [2.24, 2.45) is 11.5 Å². The van der Waals surface area contributed by atoms with E-state index in [1.165, 1.54) is 11.8 Å².